The van der Waals surface area contributed by atoms with Gasteiger partial charge in [0.1, 0.15) is 6.07 Å². The van der Waals surface area contributed by atoms with E-state index in [-0.39, 0.29) is 5.91 Å². The molecule has 0 aliphatic carbocycles. The van der Waals surface area contributed by atoms with Crippen molar-refractivity contribution in [1.82, 2.24) is 4.90 Å². The minimum Gasteiger partial charge on any atom is -0.325 e. The van der Waals surface area contributed by atoms with E-state index in [1.807, 2.05) is 6.07 Å². The Morgan fingerprint density at radius 3 is 2.67 bits per heavy atom. The normalized spacial score (nSPS) is 22.6. The van der Waals surface area contributed by atoms with E-state index < -0.39 is 0 Å². The second-order valence-electron chi connectivity index (χ2n) is 5.99. The van der Waals surface area contributed by atoms with Crippen molar-refractivity contribution < 1.29 is 4.79 Å². The first kappa shape index (κ1) is 15.8. The van der Waals surface area contributed by atoms with E-state index >= 15 is 0 Å². The predicted molar refractivity (Wildman–Crippen MR) is 84.2 cm³/mol. The Bertz CT molecular complexity index is 557. The van der Waals surface area contributed by atoms with Crippen LogP contribution >= 0.6 is 11.6 Å². The number of piperidine rings is 1. The third-order valence-corrected chi connectivity index (χ3v) is 4.00. The van der Waals surface area contributed by atoms with Gasteiger partial charge in [-0.1, -0.05) is 25.4 Å². The summed E-state index contributed by atoms with van der Waals surface area (Å²) in [7, 11) is 0. The molecule has 2 unspecified atom stereocenters. The Morgan fingerprint density at radius 1 is 1.43 bits per heavy atom. The first-order chi connectivity index (χ1) is 9.97. The lowest BCUT2D eigenvalue weighted by molar-refractivity contribution is -0.117. The number of hydrogen-bond acceptors (Lipinski definition) is 3. The van der Waals surface area contributed by atoms with Crippen LogP contribution in [0, 0.1) is 23.2 Å². The summed E-state index contributed by atoms with van der Waals surface area (Å²) in [5.41, 5.74) is 1.04. The molecule has 1 saturated heterocycles. The Hall–Kier alpha value is -1.57. The van der Waals surface area contributed by atoms with Crippen LogP contribution in [-0.2, 0) is 4.79 Å². The van der Waals surface area contributed by atoms with Crippen LogP contribution < -0.4 is 5.32 Å². The Morgan fingerprint density at radius 2 is 2.10 bits per heavy atom. The van der Waals surface area contributed by atoms with Gasteiger partial charge in [-0.05, 0) is 36.5 Å². The highest BCUT2D eigenvalue weighted by atomic mass is 35.5. The van der Waals surface area contributed by atoms with Gasteiger partial charge in [-0.25, -0.2) is 0 Å². The summed E-state index contributed by atoms with van der Waals surface area (Å²) in [6, 6.07) is 6.92. The monoisotopic (exact) mass is 305 g/mol. The van der Waals surface area contributed by atoms with Gasteiger partial charge >= 0.3 is 0 Å². The molecule has 2 atom stereocenters. The Balaban J connectivity index is 1.93. The molecule has 21 heavy (non-hydrogen) atoms. The highest BCUT2D eigenvalue weighted by Crippen LogP contribution is 2.22. The number of rotatable bonds is 3. The molecule has 0 spiro atoms. The lowest BCUT2D eigenvalue weighted by Gasteiger charge is -2.34. The van der Waals surface area contributed by atoms with Crippen LogP contribution in [0.15, 0.2) is 18.2 Å². The SMILES string of the molecule is CC1CC(C)CN(CC(=O)Nc2ccc(C#N)c(Cl)c2)C1. The molecule has 1 fully saturated rings. The molecule has 0 saturated carbocycles. The molecule has 1 aromatic carbocycles. The van der Waals surface area contributed by atoms with Crippen LogP contribution in [0.4, 0.5) is 5.69 Å². The highest BCUT2D eigenvalue weighted by Gasteiger charge is 2.23. The molecule has 0 radical (unpaired) electrons. The largest absolute Gasteiger partial charge is 0.325 e. The fraction of sp³-hybridized carbons (Fsp3) is 0.500. The van der Waals surface area contributed by atoms with E-state index in [0.717, 1.165) is 13.1 Å². The summed E-state index contributed by atoms with van der Waals surface area (Å²) in [5, 5.41) is 12.0. The molecule has 1 aliphatic rings. The van der Waals surface area contributed by atoms with Crippen LogP contribution in [0.25, 0.3) is 0 Å². The average molecular weight is 306 g/mol. The van der Waals surface area contributed by atoms with E-state index in [9.17, 15) is 4.79 Å². The van der Waals surface area contributed by atoms with Crippen molar-refractivity contribution in [2.24, 2.45) is 11.8 Å². The maximum absolute atomic E-state index is 12.1. The minimum absolute atomic E-state index is 0.0444. The summed E-state index contributed by atoms with van der Waals surface area (Å²) in [5.74, 6) is 1.22. The number of halogens is 1. The van der Waals surface area contributed by atoms with Crippen molar-refractivity contribution in [3.63, 3.8) is 0 Å². The standard InChI is InChI=1S/C16H20ClN3O/c1-11-5-12(2)9-20(8-11)10-16(21)19-14-4-3-13(7-18)15(17)6-14/h3-4,6,11-12H,5,8-10H2,1-2H3,(H,19,21). The van der Waals surface area contributed by atoms with Crippen LogP contribution in [0.2, 0.25) is 5.02 Å². The third-order valence-electron chi connectivity index (χ3n) is 3.68. The maximum Gasteiger partial charge on any atom is 0.238 e. The molecule has 1 aliphatic heterocycles. The van der Waals surface area contributed by atoms with Crippen molar-refractivity contribution in [3.8, 4) is 6.07 Å². The fourth-order valence-corrected chi connectivity index (χ4v) is 3.23. The molecule has 1 aromatic rings. The molecule has 1 heterocycles. The number of carbonyl (C=O) groups excluding carboxylic acids is 1. The van der Waals surface area contributed by atoms with Crippen molar-refractivity contribution in [2.75, 3.05) is 25.0 Å². The lowest BCUT2D eigenvalue weighted by atomic mass is 9.92. The van der Waals surface area contributed by atoms with Gasteiger partial charge in [-0.2, -0.15) is 5.26 Å². The number of hydrogen-bond donors (Lipinski definition) is 1. The average Bonchev–Trinajstić information content (AvgIpc) is 2.37. The van der Waals surface area contributed by atoms with Gasteiger partial charge in [-0.15, -0.1) is 0 Å². The van der Waals surface area contributed by atoms with E-state index in [0.29, 0.717) is 34.7 Å². The van der Waals surface area contributed by atoms with Crippen molar-refractivity contribution in [1.29, 1.82) is 5.26 Å². The van der Waals surface area contributed by atoms with Crippen molar-refractivity contribution in [2.45, 2.75) is 20.3 Å². The fourth-order valence-electron chi connectivity index (χ4n) is 3.01. The third kappa shape index (κ3) is 4.45. The molecule has 5 heteroatoms. The Kier molecular flexibility index (Phi) is 5.22. The number of nitriles is 1. The summed E-state index contributed by atoms with van der Waals surface area (Å²) < 4.78 is 0. The molecule has 0 aromatic heterocycles. The van der Waals surface area contributed by atoms with Gasteiger partial charge in [0.25, 0.3) is 0 Å². The van der Waals surface area contributed by atoms with Gasteiger partial charge in [-0.3, -0.25) is 9.69 Å². The van der Waals surface area contributed by atoms with Gasteiger partial charge in [0, 0.05) is 18.8 Å². The lowest BCUT2D eigenvalue weighted by Crippen LogP contribution is -2.42. The van der Waals surface area contributed by atoms with Crippen LogP contribution in [0.3, 0.4) is 0 Å². The summed E-state index contributed by atoms with van der Waals surface area (Å²) in [6.07, 6.45) is 1.23. The summed E-state index contributed by atoms with van der Waals surface area (Å²) >= 11 is 5.96. The molecule has 1 amide bonds. The maximum atomic E-state index is 12.1. The van der Waals surface area contributed by atoms with E-state index in [1.165, 1.54) is 6.42 Å². The zero-order chi connectivity index (χ0) is 15.4. The summed E-state index contributed by atoms with van der Waals surface area (Å²) in [6.45, 7) is 6.77. The van der Waals surface area contributed by atoms with Crippen LogP contribution in [-0.4, -0.2) is 30.4 Å². The molecule has 4 nitrogen and oxygen atoms in total. The smallest absolute Gasteiger partial charge is 0.238 e. The van der Waals surface area contributed by atoms with E-state index in [1.54, 1.807) is 18.2 Å². The highest BCUT2D eigenvalue weighted by molar-refractivity contribution is 6.32. The van der Waals surface area contributed by atoms with Crippen LogP contribution in [0.5, 0.6) is 0 Å². The van der Waals surface area contributed by atoms with E-state index in [2.05, 4.69) is 24.1 Å². The number of anilines is 1. The molecular formula is C16H20ClN3O. The predicted octanol–water partition coefficient (Wildman–Crippen LogP) is 3.13. The van der Waals surface area contributed by atoms with E-state index in [4.69, 9.17) is 16.9 Å². The topological polar surface area (TPSA) is 56.1 Å². The van der Waals surface area contributed by atoms with Crippen molar-refractivity contribution in [3.05, 3.63) is 28.8 Å². The number of amides is 1. The molecule has 0 bridgehead atoms. The molecule has 2 rings (SSSR count). The summed E-state index contributed by atoms with van der Waals surface area (Å²) in [4.78, 5) is 14.3. The molecule has 1 N–H and O–H groups in total. The zero-order valence-electron chi connectivity index (χ0n) is 12.4. The molecule has 112 valence electrons. The quantitative estimate of drug-likeness (QED) is 0.933. The minimum atomic E-state index is -0.0444. The molecular weight excluding hydrogens is 286 g/mol. The number of nitrogens with one attached hydrogen (secondary N) is 1. The number of carbonyl (C=O) groups is 1. The number of benzene rings is 1. The Labute approximate surface area is 130 Å². The van der Waals surface area contributed by atoms with Crippen LogP contribution in [0.1, 0.15) is 25.8 Å². The number of likely N-dealkylation sites (tertiary alicyclic amines) is 1. The first-order valence-electron chi connectivity index (χ1n) is 7.19. The van der Waals surface area contributed by atoms with Gasteiger partial charge in [0.05, 0.1) is 17.1 Å². The zero-order valence-corrected chi connectivity index (χ0v) is 13.2. The second-order valence-corrected chi connectivity index (χ2v) is 6.40. The van der Waals surface area contributed by atoms with Crippen molar-refractivity contribution >= 4 is 23.2 Å². The van der Waals surface area contributed by atoms with Gasteiger partial charge < -0.3 is 5.32 Å². The van der Waals surface area contributed by atoms with Gasteiger partial charge in [0.2, 0.25) is 5.91 Å². The number of nitrogens with zero attached hydrogens (tertiary/aromatic N) is 2. The van der Waals surface area contributed by atoms with Gasteiger partial charge in [0.15, 0.2) is 0 Å². The second kappa shape index (κ2) is 6.93. The first-order valence-corrected chi connectivity index (χ1v) is 7.57.